The fraction of sp³-hybridized carbons (Fsp3) is 0.833. The maximum Gasteiger partial charge on any atom is 0.407 e. The standard InChI is InChI=1S/C12H22N2O5/c1-12(2,3)19-10(16)13-8-5-4-6-14(11(17)18)7-9(8)15/h8-9,15H,4-7H2,1-3H3,(H,13,16)(H,17,18). The van der Waals surface area contributed by atoms with Crippen LogP contribution in [0.15, 0.2) is 0 Å². The number of β-amino-alcohol motifs (C(OH)–C–C–N with tert-alkyl or cyclic N) is 1. The monoisotopic (exact) mass is 274 g/mol. The largest absolute Gasteiger partial charge is 0.465 e. The van der Waals surface area contributed by atoms with E-state index >= 15 is 0 Å². The van der Waals surface area contributed by atoms with E-state index in [0.29, 0.717) is 19.4 Å². The Morgan fingerprint density at radius 3 is 2.53 bits per heavy atom. The average Bonchev–Trinajstić information content (AvgIpc) is 2.39. The topological polar surface area (TPSA) is 99.1 Å². The van der Waals surface area contributed by atoms with Crippen LogP contribution >= 0.6 is 0 Å². The Morgan fingerprint density at radius 2 is 2.00 bits per heavy atom. The number of rotatable bonds is 1. The summed E-state index contributed by atoms with van der Waals surface area (Å²) in [5.41, 5.74) is -0.604. The highest BCUT2D eigenvalue weighted by molar-refractivity contribution is 5.68. The number of likely N-dealkylation sites (tertiary alicyclic amines) is 1. The van der Waals surface area contributed by atoms with Gasteiger partial charge >= 0.3 is 12.2 Å². The lowest BCUT2D eigenvalue weighted by molar-refractivity contribution is 0.0399. The Balaban J connectivity index is 2.54. The van der Waals surface area contributed by atoms with Crippen molar-refractivity contribution in [3.8, 4) is 0 Å². The van der Waals surface area contributed by atoms with Crippen molar-refractivity contribution >= 4 is 12.2 Å². The van der Waals surface area contributed by atoms with E-state index in [-0.39, 0.29) is 6.54 Å². The summed E-state index contributed by atoms with van der Waals surface area (Å²) in [7, 11) is 0. The lowest BCUT2D eigenvalue weighted by Gasteiger charge is -2.26. The van der Waals surface area contributed by atoms with Crippen LogP contribution in [0.5, 0.6) is 0 Å². The average molecular weight is 274 g/mol. The summed E-state index contributed by atoms with van der Waals surface area (Å²) in [5, 5.41) is 21.4. The normalized spacial score (nSPS) is 24.5. The van der Waals surface area contributed by atoms with Crippen LogP contribution in [0.3, 0.4) is 0 Å². The molecule has 0 aromatic heterocycles. The number of aliphatic hydroxyl groups is 1. The van der Waals surface area contributed by atoms with Crippen molar-refractivity contribution in [2.24, 2.45) is 0 Å². The second-order valence-electron chi connectivity index (χ2n) is 5.69. The Kier molecular flexibility index (Phi) is 4.99. The fourth-order valence-corrected chi connectivity index (χ4v) is 1.94. The lowest BCUT2D eigenvalue weighted by Crippen LogP contribution is -2.48. The molecule has 0 bridgehead atoms. The third-order valence-corrected chi connectivity index (χ3v) is 2.79. The van der Waals surface area contributed by atoms with E-state index < -0.39 is 29.9 Å². The molecule has 1 rings (SSSR count). The number of ether oxygens (including phenoxy) is 1. The zero-order valence-electron chi connectivity index (χ0n) is 11.5. The molecular weight excluding hydrogens is 252 g/mol. The Hall–Kier alpha value is -1.50. The van der Waals surface area contributed by atoms with E-state index in [4.69, 9.17) is 9.84 Å². The molecule has 1 fully saturated rings. The molecule has 0 aromatic carbocycles. The quantitative estimate of drug-likeness (QED) is 0.663. The zero-order chi connectivity index (χ0) is 14.6. The molecule has 0 saturated carbocycles. The smallest absolute Gasteiger partial charge is 0.407 e. The van der Waals surface area contributed by atoms with E-state index in [1.54, 1.807) is 20.8 Å². The third kappa shape index (κ3) is 5.34. The Bertz CT molecular complexity index is 340. The van der Waals surface area contributed by atoms with Gasteiger partial charge in [0.05, 0.1) is 18.7 Å². The van der Waals surface area contributed by atoms with Crippen LogP contribution in [0.1, 0.15) is 33.6 Å². The Morgan fingerprint density at radius 1 is 1.37 bits per heavy atom. The maximum absolute atomic E-state index is 11.6. The van der Waals surface area contributed by atoms with Gasteiger partial charge in [0.25, 0.3) is 0 Å². The molecule has 0 radical (unpaired) electrons. The summed E-state index contributed by atoms with van der Waals surface area (Å²) >= 11 is 0. The molecule has 0 aromatic rings. The van der Waals surface area contributed by atoms with Gasteiger partial charge < -0.3 is 25.2 Å². The van der Waals surface area contributed by atoms with Gasteiger partial charge in [0, 0.05) is 6.54 Å². The van der Waals surface area contributed by atoms with Crippen molar-refractivity contribution in [1.82, 2.24) is 10.2 Å². The predicted molar refractivity (Wildman–Crippen MR) is 68.0 cm³/mol. The van der Waals surface area contributed by atoms with E-state index in [2.05, 4.69) is 5.32 Å². The van der Waals surface area contributed by atoms with Gasteiger partial charge in [-0.15, -0.1) is 0 Å². The van der Waals surface area contributed by atoms with Crippen LogP contribution in [0, 0.1) is 0 Å². The van der Waals surface area contributed by atoms with Crippen molar-refractivity contribution in [2.75, 3.05) is 13.1 Å². The van der Waals surface area contributed by atoms with Gasteiger partial charge in [0.1, 0.15) is 5.60 Å². The summed E-state index contributed by atoms with van der Waals surface area (Å²) in [6.07, 6.45) is -1.48. The molecule has 1 saturated heterocycles. The number of nitrogens with one attached hydrogen (secondary N) is 1. The summed E-state index contributed by atoms with van der Waals surface area (Å²) in [4.78, 5) is 23.7. The summed E-state index contributed by atoms with van der Waals surface area (Å²) in [6.45, 7) is 5.61. The molecule has 2 amide bonds. The van der Waals surface area contributed by atoms with Gasteiger partial charge in [-0.3, -0.25) is 0 Å². The first-order valence-electron chi connectivity index (χ1n) is 6.34. The molecule has 2 unspecified atom stereocenters. The van der Waals surface area contributed by atoms with Crippen LogP contribution in [0.4, 0.5) is 9.59 Å². The van der Waals surface area contributed by atoms with Gasteiger partial charge in [-0.25, -0.2) is 9.59 Å². The van der Waals surface area contributed by atoms with E-state index in [9.17, 15) is 14.7 Å². The third-order valence-electron chi connectivity index (χ3n) is 2.79. The predicted octanol–water partition coefficient (Wildman–Crippen LogP) is 1.01. The Labute approximate surface area is 112 Å². The number of amides is 2. The van der Waals surface area contributed by atoms with E-state index in [1.165, 1.54) is 0 Å². The van der Waals surface area contributed by atoms with E-state index in [1.807, 2.05) is 0 Å². The van der Waals surface area contributed by atoms with E-state index in [0.717, 1.165) is 4.90 Å². The molecule has 7 nitrogen and oxygen atoms in total. The highest BCUT2D eigenvalue weighted by atomic mass is 16.6. The molecule has 0 spiro atoms. The summed E-state index contributed by atoms with van der Waals surface area (Å²) < 4.78 is 5.11. The fourth-order valence-electron chi connectivity index (χ4n) is 1.94. The minimum absolute atomic E-state index is 0.00417. The number of nitrogens with zero attached hydrogens (tertiary/aromatic N) is 1. The number of alkyl carbamates (subject to hydrolysis) is 1. The van der Waals surface area contributed by atoms with Crippen LogP contribution in [-0.4, -0.2) is 58.1 Å². The van der Waals surface area contributed by atoms with Crippen LogP contribution in [-0.2, 0) is 4.74 Å². The summed E-state index contributed by atoms with van der Waals surface area (Å²) in [6, 6.07) is -0.487. The lowest BCUT2D eigenvalue weighted by atomic mass is 10.1. The second-order valence-corrected chi connectivity index (χ2v) is 5.69. The molecule has 3 N–H and O–H groups in total. The molecule has 1 heterocycles. The minimum atomic E-state index is -1.06. The summed E-state index contributed by atoms with van der Waals surface area (Å²) in [5.74, 6) is 0. The molecule has 2 atom stereocenters. The first kappa shape index (κ1) is 15.6. The molecule has 0 aliphatic carbocycles. The molecule has 7 heteroatoms. The second kappa shape index (κ2) is 6.10. The van der Waals surface area contributed by atoms with Crippen molar-refractivity contribution in [3.63, 3.8) is 0 Å². The van der Waals surface area contributed by atoms with Crippen LogP contribution < -0.4 is 5.32 Å². The zero-order valence-corrected chi connectivity index (χ0v) is 11.5. The molecule has 1 aliphatic rings. The van der Waals surface area contributed by atoms with Crippen LogP contribution in [0.25, 0.3) is 0 Å². The van der Waals surface area contributed by atoms with Gasteiger partial charge in [0.2, 0.25) is 0 Å². The number of carbonyl (C=O) groups is 2. The maximum atomic E-state index is 11.6. The van der Waals surface area contributed by atoms with Crippen molar-refractivity contribution < 1.29 is 24.5 Å². The number of carbonyl (C=O) groups excluding carboxylic acids is 1. The SMILES string of the molecule is CC(C)(C)OC(=O)NC1CCCN(C(=O)O)CC1O. The number of carboxylic acid groups (broad SMARTS) is 1. The molecule has 19 heavy (non-hydrogen) atoms. The first-order valence-corrected chi connectivity index (χ1v) is 6.34. The highest BCUT2D eigenvalue weighted by Crippen LogP contribution is 2.13. The first-order chi connectivity index (χ1) is 8.69. The highest BCUT2D eigenvalue weighted by Gasteiger charge is 2.30. The number of hydrogen-bond acceptors (Lipinski definition) is 4. The van der Waals surface area contributed by atoms with Crippen molar-refractivity contribution in [3.05, 3.63) is 0 Å². The molecule has 1 aliphatic heterocycles. The minimum Gasteiger partial charge on any atom is -0.465 e. The van der Waals surface area contributed by atoms with Crippen molar-refractivity contribution in [1.29, 1.82) is 0 Å². The molecule has 110 valence electrons. The number of hydrogen-bond donors (Lipinski definition) is 3. The van der Waals surface area contributed by atoms with Gasteiger partial charge in [-0.1, -0.05) is 0 Å². The molecular formula is C12H22N2O5. The van der Waals surface area contributed by atoms with Gasteiger partial charge in [-0.05, 0) is 33.6 Å². The van der Waals surface area contributed by atoms with Gasteiger partial charge in [0.15, 0.2) is 0 Å². The van der Waals surface area contributed by atoms with Gasteiger partial charge in [-0.2, -0.15) is 0 Å². The van der Waals surface area contributed by atoms with Crippen LogP contribution in [0.2, 0.25) is 0 Å². The number of aliphatic hydroxyl groups excluding tert-OH is 1. The van der Waals surface area contributed by atoms with Crippen molar-refractivity contribution in [2.45, 2.75) is 51.4 Å².